The summed E-state index contributed by atoms with van der Waals surface area (Å²) in [6.07, 6.45) is 2.15. The maximum atomic E-state index is 11.0. The van der Waals surface area contributed by atoms with E-state index in [1.807, 2.05) is 0 Å². The molecule has 1 N–H and O–H groups in total. The van der Waals surface area contributed by atoms with Crippen molar-refractivity contribution in [2.75, 3.05) is 19.7 Å². The molecule has 0 spiro atoms. The molecular weight excluding hydrogens is 170 g/mol. The van der Waals surface area contributed by atoms with Gasteiger partial charge in [-0.25, -0.2) is 4.79 Å². The maximum Gasteiger partial charge on any atom is 0.410 e. The van der Waals surface area contributed by atoms with Crippen molar-refractivity contribution in [2.45, 2.75) is 32.3 Å². The third kappa shape index (κ3) is 3.22. The van der Waals surface area contributed by atoms with E-state index < -0.39 is 6.10 Å². The monoisotopic (exact) mass is 187 g/mol. The second-order valence-corrected chi connectivity index (χ2v) is 3.36. The molecule has 0 aromatic rings. The highest BCUT2D eigenvalue weighted by atomic mass is 16.6. The van der Waals surface area contributed by atoms with Crippen molar-refractivity contribution in [2.24, 2.45) is 0 Å². The van der Waals surface area contributed by atoms with E-state index in [4.69, 9.17) is 4.74 Å². The van der Waals surface area contributed by atoms with Crippen molar-refractivity contribution in [1.29, 1.82) is 0 Å². The highest BCUT2D eigenvalue weighted by Crippen LogP contribution is 2.07. The first-order valence-electron chi connectivity index (χ1n) is 4.83. The molecule has 0 aromatic carbocycles. The molecule has 1 rings (SSSR count). The number of nitrogens with zero attached hydrogens (tertiary/aromatic N) is 1. The lowest BCUT2D eigenvalue weighted by Crippen LogP contribution is -2.33. The van der Waals surface area contributed by atoms with Crippen LogP contribution in [0.15, 0.2) is 0 Å². The van der Waals surface area contributed by atoms with Crippen molar-refractivity contribution in [3.05, 3.63) is 0 Å². The van der Waals surface area contributed by atoms with Gasteiger partial charge in [0.05, 0.1) is 19.2 Å². The summed E-state index contributed by atoms with van der Waals surface area (Å²) in [5.74, 6) is 0. The van der Waals surface area contributed by atoms with E-state index in [1.165, 1.54) is 0 Å². The van der Waals surface area contributed by atoms with E-state index in [0.717, 1.165) is 19.3 Å². The Morgan fingerprint density at radius 3 is 3.00 bits per heavy atom. The van der Waals surface area contributed by atoms with Crippen molar-refractivity contribution in [3.8, 4) is 0 Å². The Balaban J connectivity index is 2.19. The van der Waals surface area contributed by atoms with Crippen molar-refractivity contribution < 1.29 is 14.6 Å². The van der Waals surface area contributed by atoms with Crippen LogP contribution >= 0.6 is 0 Å². The van der Waals surface area contributed by atoms with Gasteiger partial charge in [0.2, 0.25) is 0 Å². The van der Waals surface area contributed by atoms with E-state index in [0.29, 0.717) is 19.7 Å². The van der Waals surface area contributed by atoms with Gasteiger partial charge in [-0.2, -0.15) is 0 Å². The fourth-order valence-corrected chi connectivity index (χ4v) is 1.38. The van der Waals surface area contributed by atoms with Crippen molar-refractivity contribution in [1.82, 2.24) is 4.90 Å². The number of carbonyl (C=O) groups is 1. The predicted octanol–water partition coefficient (Wildman–Crippen LogP) is 0.990. The molecule has 0 radical (unpaired) electrons. The van der Waals surface area contributed by atoms with Crippen LogP contribution < -0.4 is 0 Å². The minimum Gasteiger partial charge on any atom is -0.448 e. The molecule has 0 saturated carbocycles. The second-order valence-electron chi connectivity index (χ2n) is 3.36. The number of aliphatic hydroxyl groups excluding tert-OH is 1. The molecular formula is C9H17NO3. The molecule has 1 amide bonds. The average molecular weight is 187 g/mol. The molecule has 4 heteroatoms. The van der Waals surface area contributed by atoms with E-state index >= 15 is 0 Å². The minimum absolute atomic E-state index is 0.296. The number of hydrogen-bond acceptors (Lipinski definition) is 3. The topological polar surface area (TPSA) is 49.8 Å². The number of β-amino-alcohol motifs (C(OH)–C–C–N with tert-alkyl or cyclic N) is 1. The van der Waals surface area contributed by atoms with E-state index in [9.17, 15) is 9.90 Å². The molecule has 4 nitrogen and oxygen atoms in total. The number of hydrogen-bond donors (Lipinski definition) is 1. The van der Waals surface area contributed by atoms with Gasteiger partial charge in [-0.1, -0.05) is 19.8 Å². The van der Waals surface area contributed by atoms with Crippen LogP contribution in [0.1, 0.15) is 26.2 Å². The van der Waals surface area contributed by atoms with Crippen molar-refractivity contribution in [3.63, 3.8) is 0 Å². The summed E-state index contributed by atoms with van der Waals surface area (Å²) >= 11 is 0. The van der Waals surface area contributed by atoms with Gasteiger partial charge in [-0.15, -0.1) is 0 Å². The molecule has 0 aliphatic carbocycles. The van der Waals surface area contributed by atoms with E-state index in [1.54, 1.807) is 4.90 Å². The van der Waals surface area contributed by atoms with Crippen LogP contribution in [-0.4, -0.2) is 41.9 Å². The Kier molecular flexibility index (Phi) is 4.02. The van der Waals surface area contributed by atoms with Gasteiger partial charge in [-0.05, 0) is 6.42 Å². The smallest absolute Gasteiger partial charge is 0.410 e. The first-order valence-corrected chi connectivity index (χ1v) is 4.83. The number of amides is 1. The van der Waals surface area contributed by atoms with Crippen LogP contribution in [0.25, 0.3) is 0 Å². The quantitative estimate of drug-likeness (QED) is 0.698. The predicted molar refractivity (Wildman–Crippen MR) is 48.5 cm³/mol. The van der Waals surface area contributed by atoms with Gasteiger partial charge in [0.15, 0.2) is 0 Å². The summed E-state index contributed by atoms with van der Waals surface area (Å²) in [6.45, 7) is 3.57. The molecule has 1 fully saturated rings. The summed E-state index contributed by atoms with van der Waals surface area (Å²) in [5, 5.41) is 9.51. The molecule has 1 aliphatic rings. The molecule has 1 atom stereocenters. The zero-order valence-electron chi connectivity index (χ0n) is 8.03. The Labute approximate surface area is 78.5 Å². The van der Waals surface area contributed by atoms with Gasteiger partial charge in [-0.3, -0.25) is 0 Å². The molecule has 1 aliphatic heterocycles. The maximum absolute atomic E-state index is 11.0. The van der Waals surface area contributed by atoms with Gasteiger partial charge in [0.1, 0.15) is 6.61 Å². The summed E-state index contributed by atoms with van der Waals surface area (Å²) in [4.78, 5) is 12.5. The first-order chi connectivity index (χ1) is 6.24. The van der Waals surface area contributed by atoms with Crippen molar-refractivity contribution >= 4 is 6.09 Å². The zero-order chi connectivity index (χ0) is 9.68. The van der Waals surface area contributed by atoms with Crippen LogP contribution in [0.5, 0.6) is 0 Å². The number of rotatable bonds is 5. The fourth-order valence-electron chi connectivity index (χ4n) is 1.38. The Morgan fingerprint density at radius 2 is 2.46 bits per heavy atom. The third-order valence-electron chi connectivity index (χ3n) is 2.17. The average Bonchev–Trinajstić information content (AvgIpc) is 2.48. The summed E-state index contributed by atoms with van der Waals surface area (Å²) in [7, 11) is 0. The molecule has 0 bridgehead atoms. The summed E-state index contributed by atoms with van der Waals surface area (Å²) in [6, 6.07) is 0. The van der Waals surface area contributed by atoms with E-state index in [2.05, 4.69) is 6.92 Å². The Morgan fingerprint density at radius 1 is 1.69 bits per heavy atom. The summed E-state index contributed by atoms with van der Waals surface area (Å²) in [5.41, 5.74) is 0. The van der Waals surface area contributed by atoms with Crippen LogP contribution in [-0.2, 0) is 4.74 Å². The van der Waals surface area contributed by atoms with Gasteiger partial charge in [0.25, 0.3) is 0 Å². The standard InChI is InChI=1S/C9H17NO3/c1-2-3-4-8(11)7-10-5-6-13-9(10)12/h8,11H,2-7H2,1H3. The number of aliphatic hydroxyl groups is 1. The molecule has 1 saturated heterocycles. The second kappa shape index (κ2) is 5.07. The number of unbranched alkanes of at least 4 members (excludes halogenated alkanes) is 1. The molecule has 0 aromatic heterocycles. The number of carbonyl (C=O) groups excluding carboxylic acids is 1. The normalized spacial score (nSPS) is 18.9. The largest absolute Gasteiger partial charge is 0.448 e. The van der Waals surface area contributed by atoms with Crippen LogP contribution in [0.4, 0.5) is 4.79 Å². The highest BCUT2D eigenvalue weighted by Gasteiger charge is 2.23. The third-order valence-corrected chi connectivity index (χ3v) is 2.17. The number of cyclic esters (lactones) is 1. The van der Waals surface area contributed by atoms with Gasteiger partial charge < -0.3 is 14.7 Å². The Hall–Kier alpha value is -0.770. The lowest BCUT2D eigenvalue weighted by Gasteiger charge is -2.16. The first kappa shape index (κ1) is 10.3. The zero-order valence-corrected chi connectivity index (χ0v) is 8.03. The molecule has 1 heterocycles. The van der Waals surface area contributed by atoms with Crippen LogP contribution in [0.3, 0.4) is 0 Å². The lowest BCUT2D eigenvalue weighted by atomic mass is 10.1. The highest BCUT2D eigenvalue weighted by molar-refractivity contribution is 5.69. The lowest BCUT2D eigenvalue weighted by molar-refractivity contribution is 0.111. The fraction of sp³-hybridized carbons (Fsp3) is 0.889. The SMILES string of the molecule is CCCCC(O)CN1CCOC1=O. The molecule has 13 heavy (non-hydrogen) atoms. The molecule has 1 unspecified atom stereocenters. The minimum atomic E-state index is -0.398. The van der Waals surface area contributed by atoms with Crippen LogP contribution in [0, 0.1) is 0 Å². The van der Waals surface area contributed by atoms with Gasteiger partial charge in [0, 0.05) is 0 Å². The summed E-state index contributed by atoms with van der Waals surface area (Å²) < 4.78 is 4.75. The molecule has 76 valence electrons. The van der Waals surface area contributed by atoms with E-state index in [-0.39, 0.29) is 6.09 Å². The van der Waals surface area contributed by atoms with Crippen LogP contribution in [0.2, 0.25) is 0 Å². The number of ether oxygens (including phenoxy) is 1. The Bertz CT molecular complexity index is 172. The van der Waals surface area contributed by atoms with Gasteiger partial charge >= 0.3 is 6.09 Å².